The predicted molar refractivity (Wildman–Crippen MR) is 93.3 cm³/mol. The van der Waals surface area contributed by atoms with Crippen LogP contribution in [0.1, 0.15) is 30.1 Å². The Morgan fingerprint density at radius 3 is 2.92 bits per heavy atom. The molecule has 26 heavy (non-hydrogen) atoms. The molecule has 0 radical (unpaired) electrons. The molecule has 2 aliphatic rings. The number of anilines is 1. The van der Waals surface area contributed by atoms with Gasteiger partial charge in [-0.1, -0.05) is 0 Å². The van der Waals surface area contributed by atoms with Crippen LogP contribution in [-0.4, -0.2) is 26.0 Å². The molecule has 1 fully saturated rings. The highest BCUT2D eigenvalue weighted by Crippen LogP contribution is 2.43. The van der Waals surface area contributed by atoms with Gasteiger partial charge in [0.2, 0.25) is 0 Å². The van der Waals surface area contributed by atoms with Crippen LogP contribution in [0.15, 0.2) is 48.7 Å². The first-order valence-electron chi connectivity index (χ1n) is 8.62. The Kier molecular flexibility index (Phi) is 3.25. The van der Waals surface area contributed by atoms with Crippen LogP contribution in [0, 0.1) is 18.6 Å². The zero-order valence-electron chi connectivity index (χ0n) is 14.2. The minimum absolute atomic E-state index is 0.224. The lowest BCUT2D eigenvalue weighted by Crippen LogP contribution is -2.31. The van der Waals surface area contributed by atoms with E-state index in [1.165, 1.54) is 18.5 Å². The summed E-state index contributed by atoms with van der Waals surface area (Å²) in [5.74, 6) is -0.828. The van der Waals surface area contributed by atoms with Gasteiger partial charge in [-0.25, -0.2) is 18.3 Å². The van der Waals surface area contributed by atoms with Crippen molar-refractivity contribution < 1.29 is 8.78 Å². The van der Waals surface area contributed by atoms with Gasteiger partial charge in [-0.05, 0) is 43.5 Å². The molecule has 1 atom stereocenters. The van der Waals surface area contributed by atoms with Crippen molar-refractivity contribution >= 4 is 11.3 Å². The number of aryl methyl sites for hydroxylation is 1. The normalized spacial score (nSPS) is 19.3. The number of allylic oxidation sites excluding steroid dienone is 1. The molecule has 0 spiro atoms. The number of aromatic nitrogens is 3. The highest BCUT2D eigenvalue weighted by atomic mass is 19.1. The average molecular weight is 353 g/mol. The summed E-state index contributed by atoms with van der Waals surface area (Å²) in [5, 5.41) is 4.19. The molecule has 1 saturated heterocycles. The summed E-state index contributed by atoms with van der Waals surface area (Å²) in [6, 6.07) is 6.40. The molecule has 0 saturated carbocycles. The highest BCUT2D eigenvalue weighted by Gasteiger charge is 2.38. The molecule has 3 aromatic rings. The standard InChI is InChI=1S/C19H17F2N5/c1-12-7-16(21)17(8-15(12)20)25-10-14-3-2-6-24(14)19(25)13-4-5-18-22-11-23-26(18)9-13/h4-5,7-11,19H,2-3,6H2,1H3. The number of benzene rings is 1. The third-order valence-corrected chi connectivity index (χ3v) is 5.15. The smallest absolute Gasteiger partial charge is 0.155 e. The predicted octanol–water partition coefficient (Wildman–Crippen LogP) is 3.77. The molecule has 0 amide bonds. The summed E-state index contributed by atoms with van der Waals surface area (Å²) in [5.41, 5.74) is 3.41. The molecule has 5 rings (SSSR count). The summed E-state index contributed by atoms with van der Waals surface area (Å²) in [6.07, 6.45) is 7.12. The quantitative estimate of drug-likeness (QED) is 0.703. The molecular weight excluding hydrogens is 336 g/mol. The summed E-state index contributed by atoms with van der Waals surface area (Å²) < 4.78 is 30.5. The maximum Gasteiger partial charge on any atom is 0.155 e. The van der Waals surface area contributed by atoms with Crippen molar-refractivity contribution in [2.45, 2.75) is 25.9 Å². The van der Waals surface area contributed by atoms with Gasteiger partial charge in [0.15, 0.2) is 5.65 Å². The van der Waals surface area contributed by atoms with Crippen LogP contribution in [0.3, 0.4) is 0 Å². The Labute approximate surface area is 149 Å². The van der Waals surface area contributed by atoms with Gasteiger partial charge >= 0.3 is 0 Å². The first kappa shape index (κ1) is 15.3. The summed E-state index contributed by atoms with van der Waals surface area (Å²) in [7, 11) is 0. The molecule has 4 heterocycles. The van der Waals surface area contributed by atoms with E-state index < -0.39 is 11.6 Å². The number of rotatable bonds is 2. The maximum absolute atomic E-state index is 14.7. The van der Waals surface area contributed by atoms with Gasteiger partial charge in [0.05, 0.1) is 5.69 Å². The Balaban J connectivity index is 1.65. The second-order valence-electron chi connectivity index (χ2n) is 6.78. The van der Waals surface area contributed by atoms with Crippen LogP contribution in [-0.2, 0) is 0 Å². The van der Waals surface area contributed by atoms with Crippen molar-refractivity contribution in [1.82, 2.24) is 19.5 Å². The van der Waals surface area contributed by atoms with Crippen molar-refractivity contribution in [3.05, 3.63) is 71.4 Å². The largest absolute Gasteiger partial charge is 0.349 e. The second kappa shape index (κ2) is 5.52. The highest BCUT2D eigenvalue weighted by molar-refractivity contribution is 5.57. The van der Waals surface area contributed by atoms with E-state index in [2.05, 4.69) is 15.0 Å². The first-order chi connectivity index (χ1) is 12.6. The lowest BCUT2D eigenvalue weighted by atomic mass is 10.1. The van der Waals surface area contributed by atoms with Crippen molar-refractivity contribution in [2.75, 3.05) is 11.4 Å². The zero-order chi connectivity index (χ0) is 17.8. The number of halogens is 2. The number of fused-ring (bicyclic) bond motifs is 2. The molecule has 0 aliphatic carbocycles. The van der Waals surface area contributed by atoms with Crippen LogP contribution in [0.4, 0.5) is 14.5 Å². The van der Waals surface area contributed by atoms with Crippen molar-refractivity contribution in [3.63, 3.8) is 0 Å². The second-order valence-corrected chi connectivity index (χ2v) is 6.78. The Morgan fingerprint density at radius 1 is 1.15 bits per heavy atom. The first-order valence-corrected chi connectivity index (χ1v) is 8.62. The lowest BCUT2D eigenvalue weighted by Gasteiger charge is -2.32. The van der Waals surface area contributed by atoms with Crippen LogP contribution >= 0.6 is 0 Å². The van der Waals surface area contributed by atoms with E-state index in [-0.39, 0.29) is 11.9 Å². The molecule has 2 aromatic heterocycles. The zero-order valence-corrected chi connectivity index (χ0v) is 14.2. The molecule has 132 valence electrons. The molecular formula is C19H17F2N5. The van der Waals surface area contributed by atoms with Crippen LogP contribution in [0.2, 0.25) is 0 Å². The van der Waals surface area contributed by atoms with E-state index in [1.54, 1.807) is 11.4 Å². The lowest BCUT2D eigenvalue weighted by molar-refractivity contribution is 0.317. The van der Waals surface area contributed by atoms with Gasteiger partial charge < -0.3 is 9.80 Å². The fourth-order valence-corrected chi connectivity index (χ4v) is 3.88. The Hall–Kier alpha value is -2.96. The number of pyridine rings is 1. The summed E-state index contributed by atoms with van der Waals surface area (Å²) >= 11 is 0. The number of hydrogen-bond donors (Lipinski definition) is 0. The Bertz CT molecular complexity index is 1040. The fraction of sp³-hybridized carbons (Fsp3) is 0.263. The van der Waals surface area contributed by atoms with Gasteiger partial charge in [-0.15, -0.1) is 0 Å². The van der Waals surface area contributed by atoms with Gasteiger partial charge in [-0.3, -0.25) is 0 Å². The monoisotopic (exact) mass is 353 g/mol. The molecule has 0 N–H and O–H groups in total. The van der Waals surface area contributed by atoms with E-state index in [0.29, 0.717) is 5.56 Å². The van der Waals surface area contributed by atoms with E-state index in [1.807, 2.05) is 29.4 Å². The van der Waals surface area contributed by atoms with E-state index in [0.717, 1.165) is 36.3 Å². The maximum atomic E-state index is 14.7. The minimum Gasteiger partial charge on any atom is -0.349 e. The van der Waals surface area contributed by atoms with Crippen molar-refractivity contribution in [1.29, 1.82) is 0 Å². The van der Waals surface area contributed by atoms with E-state index >= 15 is 0 Å². The molecule has 2 aliphatic heterocycles. The van der Waals surface area contributed by atoms with Crippen molar-refractivity contribution in [3.8, 4) is 0 Å². The molecule has 7 heteroatoms. The SMILES string of the molecule is Cc1cc(F)c(N2C=C3CCCN3C2c2ccc3ncnn3c2)cc1F. The van der Waals surface area contributed by atoms with E-state index in [4.69, 9.17) is 0 Å². The third kappa shape index (κ3) is 2.20. The average Bonchev–Trinajstić information content (AvgIpc) is 3.32. The summed E-state index contributed by atoms with van der Waals surface area (Å²) in [6.45, 7) is 2.46. The van der Waals surface area contributed by atoms with Gasteiger partial charge in [0, 0.05) is 36.3 Å². The molecule has 5 nitrogen and oxygen atoms in total. The van der Waals surface area contributed by atoms with Crippen molar-refractivity contribution in [2.24, 2.45) is 0 Å². The molecule has 1 aromatic carbocycles. The fourth-order valence-electron chi connectivity index (χ4n) is 3.88. The molecule has 1 unspecified atom stereocenters. The van der Waals surface area contributed by atoms with Gasteiger partial charge in [-0.2, -0.15) is 5.10 Å². The third-order valence-electron chi connectivity index (χ3n) is 5.15. The van der Waals surface area contributed by atoms with Crippen LogP contribution in [0.5, 0.6) is 0 Å². The molecule has 0 bridgehead atoms. The van der Waals surface area contributed by atoms with Crippen LogP contribution in [0.25, 0.3) is 5.65 Å². The topological polar surface area (TPSA) is 36.7 Å². The number of nitrogens with zero attached hydrogens (tertiary/aromatic N) is 5. The number of hydrogen-bond acceptors (Lipinski definition) is 4. The van der Waals surface area contributed by atoms with E-state index in [9.17, 15) is 8.78 Å². The minimum atomic E-state index is -0.422. The van der Waals surface area contributed by atoms with Crippen LogP contribution < -0.4 is 4.90 Å². The summed E-state index contributed by atoms with van der Waals surface area (Å²) in [4.78, 5) is 8.24. The van der Waals surface area contributed by atoms with Gasteiger partial charge in [0.1, 0.15) is 24.1 Å². The Morgan fingerprint density at radius 2 is 2.04 bits per heavy atom. The van der Waals surface area contributed by atoms with Gasteiger partial charge in [0.25, 0.3) is 0 Å².